The third-order valence-corrected chi connectivity index (χ3v) is 6.83. The van der Waals surface area contributed by atoms with Gasteiger partial charge in [0, 0.05) is 12.1 Å². The smallest absolute Gasteiger partial charge is 0.348 e. The number of hydrogen-bond donors (Lipinski definition) is 0. The van der Waals surface area contributed by atoms with E-state index in [2.05, 4.69) is 0 Å². The number of sulfonamides is 1. The third-order valence-electron chi connectivity index (χ3n) is 5.08. The van der Waals surface area contributed by atoms with Crippen LogP contribution in [0.3, 0.4) is 0 Å². The van der Waals surface area contributed by atoms with Gasteiger partial charge in [-0.3, -0.25) is 4.90 Å². The van der Waals surface area contributed by atoms with Crippen LogP contribution in [0.2, 0.25) is 0 Å². The molecule has 10 heteroatoms. The van der Waals surface area contributed by atoms with Crippen LogP contribution in [0.1, 0.15) is 11.1 Å². The minimum Gasteiger partial charge on any atom is -0.496 e. The number of aryl methyl sites for hydroxylation is 2. The summed E-state index contributed by atoms with van der Waals surface area (Å²) in [6, 6.07) is 7.75. The van der Waals surface area contributed by atoms with Crippen molar-refractivity contribution in [1.82, 2.24) is 0 Å². The van der Waals surface area contributed by atoms with E-state index in [1.54, 1.807) is 13.8 Å². The zero-order chi connectivity index (χ0) is 23.4. The molecule has 32 heavy (non-hydrogen) atoms. The number of amides is 2. The standard InChI is InChI=1S/C22H17F3N2O4S/c1-12-8-15(9-13(2)21(12)31-3)27-22(28)26(20-16(24)10-14(23)11-17(20)25)18-6-4-5-7-19(18)32(27,29)30/h4-11H,1-3H3. The van der Waals surface area contributed by atoms with Gasteiger partial charge in [-0.2, -0.15) is 4.31 Å². The molecule has 0 radical (unpaired) electrons. The monoisotopic (exact) mass is 462 g/mol. The van der Waals surface area contributed by atoms with Crippen LogP contribution in [-0.2, 0) is 10.0 Å². The van der Waals surface area contributed by atoms with Gasteiger partial charge in [0.2, 0.25) is 0 Å². The van der Waals surface area contributed by atoms with Gasteiger partial charge in [-0.1, -0.05) is 12.1 Å². The number of carbonyl (C=O) groups excluding carboxylic acids is 1. The molecule has 166 valence electrons. The largest absolute Gasteiger partial charge is 0.496 e. The van der Waals surface area contributed by atoms with Gasteiger partial charge >= 0.3 is 6.03 Å². The van der Waals surface area contributed by atoms with Crippen LogP contribution in [-0.4, -0.2) is 21.6 Å². The number of halogens is 3. The topological polar surface area (TPSA) is 66.9 Å². The lowest BCUT2D eigenvalue weighted by Crippen LogP contribution is -2.49. The molecule has 0 aliphatic carbocycles. The summed E-state index contributed by atoms with van der Waals surface area (Å²) in [6.07, 6.45) is 0. The summed E-state index contributed by atoms with van der Waals surface area (Å²) >= 11 is 0. The van der Waals surface area contributed by atoms with Crippen molar-refractivity contribution >= 4 is 33.1 Å². The van der Waals surface area contributed by atoms with Crippen molar-refractivity contribution in [1.29, 1.82) is 0 Å². The van der Waals surface area contributed by atoms with Gasteiger partial charge in [-0.15, -0.1) is 0 Å². The molecule has 4 rings (SSSR count). The van der Waals surface area contributed by atoms with Gasteiger partial charge in [-0.05, 0) is 49.2 Å². The van der Waals surface area contributed by atoms with E-state index >= 15 is 0 Å². The van der Waals surface area contributed by atoms with Gasteiger partial charge in [0.1, 0.15) is 22.1 Å². The van der Waals surface area contributed by atoms with Crippen LogP contribution in [0.4, 0.5) is 35.0 Å². The van der Waals surface area contributed by atoms with E-state index in [4.69, 9.17) is 4.74 Å². The maximum Gasteiger partial charge on any atom is 0.348 e. The summed E-state index contributed by atoms with van der Waals surface area (Å²) in [4.78, 5) is 13.7. The Bertz CT molecular complexity index is 1330. The predicted molar refractivity (Wildman–Crippen MR) is 112 cm³/mol. The average molecular weight is 462 g/mol. The molecule has 0 saturated carbocycles. The number of fused-ring (bicyclic) bond motifs is 1. The third kappa shape index (κ3) is 3.18. The van der Waals surface area contributed by atoms with Gasteiger partial charge in [0.15, 0.2) is 11.6 Å². The summed E-state index contributed by atoms with van der Waals surface area (Å²) in [5.74, 6) is -3.38. The first-order valence-electron chi connectivity index (χ1n) is 9.36. The first kappa shape index (κ1) is 21.7. The number of methoxy groups -OCH3 is 1. The Balaban J connectivity index is 2.02. The predicted octanol–water partition coefficient (Wildman–Crippen LogP) is 5.20. The lowest BCUT2D eigenvalue weighted by molar-refractivity contribution is 0.255. The fourth-order valence-electron chi connectivity index (χ4n) is 3.84. The molecular weight excluding hydrogens is 445 g/mol. The number of anilines is 3. The van der Waals surface area contributed by atoms with Crippen LogP contribution in [0, 0.1) is 31.3 Å². The molecule has 6 nitrogen and oxygen atoms in total. The number of urea groups is 1. The number of carbonyl (C=O) groups is 1. The summed E-state index contributed by atoms with van der Waals surface area (Å²) in [5.41, 5.74) is -0.0656. The van der Waals surface area contributed by atoms with Gasteiger partial charge in [0.25, 0.3) is 10.0 Å². The molecule has 3 aromatic carbocycles. The Morgan fingerprint density at radius 1 is 0.906 bits per heavy atom. The Kier molecular flexibility index (Phi) is 5.12. The lowest BCUT2D eigenvalue weighted by Gasteiger charge is -2.36. The molecule has 0 saturated heterocycles. The van der Waals surface area contributed by atoms with E-state index in [1.165, 1.54) is 43.5 Å². The molecule has 0 unspecified atom stereocenters. The van der Waals surface area contributed by atoms with Crippen LogP contribution in [0.15, 0.2) is 53.4 Å². The number of para-hydroxylation sites is 1. The fraction of sp³-hybridized carbons (Fsp3) is 0.136. The zero-order valence-corrected chi connectivity index (χ0v) is 18.0. The van der Waals surface area contributed by atoms with Crippen molar-refractivity contribution in [3.05, 3.63) is 77.1 Å². The van der Waals surface area contributed by atoms with Crippen molar-refractivity contribution in [2.24, 2.45) is 0 Å². The van der Waals surface area contributed by atoms with E-state index in [9.17, 15) is 26.4 Å². The molecular formula is C22H17F3N2O4S. The zero-order valence-electron chi connectivity index (χ0n) is 17.2. The summed E-state index contributed by atoms with van der Waals surface area (Å²) < 4.78 is 75.3. The van der Waals surface area contributed by atoms with E-state index in [-0.39, 0.29) is 16.3 Å². The molecule has 0 aromatic heterocycles. The van der Waals surface area contributed by atoms with Gasteiger partial charge in [0.05, 0.1) is 18.5 Å². The maximum absolute atomic E-state index is 14.7. The van der Waals surface area contributed by atoms with Crippen molar-refractivity contribution in [2.45, 2.75) is 18.7 Å². The second kappa shape index (κ2) is 7.56. The Morgan fingerprint density at radius 2 is 1.47 bits per heavy atom. The number of rotatable bonds is 3. The minimum absolute atomic E-state index is 0.0340. The van der Waals surface area contributed by atoms with Crippen LogP contribution in [0.25, 0.3) is 0 Å². The lowest BCUT2D eigenvalue weighted by atomic mass is 10.1. The Labute approximate surface area is 182 Å². The average Bonchev–Trinajstić information content (AvgIpc) is 2.69. The number of hydrogen-bond acceptors (Lipinski definition) is 4. The highest BCUT2D eigenvalue weighted by Gasteiger charge is 2.45. The van der Waals surface area contributed by atoms with Crippen molar-refractivity contribution in [2.75, 3.05) is 16.3 Å². The van der Waals surface area contributed by atoms with Crippen molar-refractivity contribution in [3.8, 4) is 5.75 Å². The van der Waals surface area contributed by atoms with Crippen LogP contribution >= 0.6 is 0 Å². The molecule has 3 aromatic rings. The molecule has 0 N–H and O–H groups in total. The van der Waals surface area contributed by atoms with Gasteiger partial charge in [-0.25, -0.2) is 26.4 Å². The summed E-state index contributed by atoms with van der Waals surface area (Å²) in [5, 5.41) is 0. The van der Waals surface area contributed by atoms with E-state index in [1.807, 2.05) is 0 Å². The highest BCUT2D eigenvalue weighted by Crippen LogP contribution is 2.43. The first-order valence-corrected chi connectivity index (χ1v) is 10.8. The van der Waals surface area contributed by atoms with Crippen molar-refractivity contribution < 1.29 is 31.1 Å². The minimum atomic E-state index is -4.43. The Hall–Kier alpha value is -3.53. The van der Waals surface area contributed by atoms with Gasteiger partial charge < -0.3 is 4.74 Å². The maximum atomic E-state index is 14.7. The van der Waals surface area contributed by atoms with Crippen LogP contribution in [0.5, 0.6) is 5.75 Å². The quantitative estimate of drug-likeness (QED) is 0.537. The number of ether oxygens (including phenoxy) is 1. The summed E-state index contributed by atoms with van der Waals surface area (Å²) in [7, 11) is -2.98. The van der Waals surface area contributed by atoms with E-state index < -0.39 is 39.2 Å². The van der Waals surface area contributed by atoms with E-state index in [0.717, 1.165) is 0 Å². The molecule has 0 spiro atoms. The molecule has 1 heterocycles. The number of nitrogens with zero attached hydrogens (tertiary/aromatic N) is 2. The molecule has 0 bridgehead atoms. The van der Waals surface area contributed by atoms with Crippen LogP contribution < -0.4 is 13.9 Å². The fourth-order valence-corrected chi connectivity index (χ4v) is 5.38. The summed E-state index contributed by atoms with van der Waals surface area (Å²) in [6.45, 7) is 3.34. The number of benzene rings is 3. The molecule has 2 amide bonds. The molecule has 1 aliphatic rings. The SMILES string of the molecule is COc1c(C)cc(N2C(=O)N(c3c(F)cc(F)cc3F)c3ccccc3S2(=O)=O)cc1C. The highest BCUT2D eigenvalue weighted by molar-refractivity contribution is 7.94. The van der Waals surface area contributed by atoms with E-state index in [0.29, 0.717) is 38.2 Å². The second-order valence-corrected chi connectivity index (χ2v) is 8.94. The first-order chi connectivity index (χ1) is 15.1. The highest BCUT2D eigenvalue weighted by atomic mass is 32.2. The molecule has 1 aliphatic heterocycles. The Morgan fingerprint density at radius 3 is 2.03 bits per heavy atom. The van der Waals surface area contributed by atoms with Crippen molar-refractivity contribution in [3.63, 3.8) is 0 Å². The molecule has 0 fully saturated rings. The molecule has 0 atom stereocenters. The normalized spacial score (nSPS) is 15.0. The second-order valence-electron chi connectivity index (χ2n) is 7.19.